The topological polar surface area (TPSA) is 69.0 Å². The van der Waals surface area contributed by atoms with E-state index in [0.717, 1.165) is 28.3 Å². The van der Waals surface area contributed by atoms with E-state index < -0.39 is 0 Å². The lowest BCUT2D eigenvalue weighted by molar-refractivity contribution is -0.121. The molecule has 1 N–H and O–H groups in total. The van der Waals surface area contributed by atoms with E-state index in [9.17, 15) is 4.79 Å². The van der Waals surface area contributed by atoms with Gasteiger partial charge in [0.15, 0.2) is 0 Å². The second-order valence-corrected chi connectivity index (χ2v) is 7.17. The van der Waals surface area contributed by atoms with Crippen molar-refractivity contribution in [2.75, 3.05) is 0 Å². The molecule has 0 unspecified atom stereocenters. The molecule has 156 valence electrons. The maximum atomic E-state index is 12.4. The highest BCUT2D eigenvalue weighted by Crippen LogP contribution is 2.31. The summed E-state index contributed by atoms with van der Waals surface area (Å²) in [4.78, 5) is 16.5. The van der Waals surface area contributed by atoms with Crippen LogP contribution in [0.25, 0.3) is 5.69 Å². The molecule has 0 saturated heterocycles. The first kappa shape index (κ1) is 20.3. The minimum absolute atomic E-state index is 0.0265. The highest BCUT2D eigenvalue weighted by atomic mass is 16.5. The zero-order valence-electron chi connectivity index (χ0n) is 17.4. The van der Waals surface area contributed by atoms with Crippen LogP contribution in [-0.4, -0.2) is 20.7 Å². The molecule has 0 spiro atoms. The van der Waals surface area contributed by atoms with Gasteiger partial charge in [0, 0.05) is 30.9 Å². The molecule has 4 rings (SSSR count). The second-order valence-electron chi connectivity index (χ2n) is 7.17. The fourth-order valence-electron chi connectivity index (χ4n) is 3.31. The van der Waals surface area contributed by atoms with Crippen LogP contribution in [0.4, 0.5) is 0 Å². The van der Waals surface area contributed by atoms with Gasteiger partial charge in [-0.2, -0.15) is 5.10 Å². The van der Waals surface area contributed by atoms with Crippen LogP contribution in [0.1, 0.15) is 23.2 Å². The normalized spacial score (nSPS) is 10.6. The highest BCUT2D eigenvalue weighted by molar-refractivity contribution is 5.76. The van der Waals surface area contributed by atoms with Gasteiger partial charge < -0.3 is 10.1 Å². The van der Waals surface area contributed by atoms with Crippen molar-refractivity contribution in [3.8, 4) is 17.3 Å². The summed E-state index contributed by atoms with van der Waals surface area (Å²) in [7, 11) is 0. The van der Waals surface area contributed by atoms with Crippen molar-refractivity contribution in [2.24, 2.45) is 0 Å². The fraction of sp³-hybridized carbons (Fsp3) is 0.160. The second kappa shape index (κ2) is 9.71. The highest BCUT2D eigenvalue weighted by Gasteiger charge is 2.19. The Balaban J connectivity index is 1.53. The first-order valence-corrected chi connectivity index (χ1v) is 10.2. The average Bonchev–Trinajstić information content (AvgIpc) is 3.13. The van der Waals surface area contributed by atoms with Gasteiger partial charge in [-0.3, -0.25) is 9.78 Å². The quantitative estimate of drug-likeness (QED) is 0.459. The van der Waals surface area contributed by atoms with Crippen LogP contribution in [0.3, 0.4) is 0 Å². The predicted octanol–water partition coefficient (Wildman–Crippen LogP) is 4.62. The molecule has 2 aromatic heterocycles. The van der Waals surface area contributed by atoms with Crippen molar-refractivity contribution in [1.29, 1.82) is 0 Å². The Morgan fingerprint density at radius 3 is 2.45 bits per heavy atom. The molecule has 2 aromatic carbocycles. The van der Waals surface area contributed by atoms with Crippen LogP contribution in [0, 0.1) is 6.92 Å². The van der Waals surface area contributed by atoms with Crippen LogP contribution >= 0.6 is 0 Å². The number of para-hydroxylation sites is 2. The monoisotopic (exact) mass is 412 g/mol. The Morgan fingerprint density at radius 1 is 1.00 bits per heavy atom. The minimum Gasteiger partial charge on any atom is -0.439 e. The molecule has 31 heavy (non-hydrogen) atoms. The van der Waals surface area contributed by atoms with Gasteiger partial charge >= 0.3 is 0 Å². The predicted molar refractivity (Wildman–Crippen MR) is 119 cm³/mol. The zero-order valence-corrected chi connectivity index (χ0v) is 17.4. The molecule has 0 aliphatic rings. The summed E-state index contributed by atoms with van der Waals surface area (Å²) in [6, 6.07) is 23.3. The van der Waals surface area contributed by atoms with Crippen molar-refractivity contribution in [3.05, 3.63) is 102 Å². The van der Waals surface area contributed by atoms with Gasteiger partial charge in [0.05, 0.1) is 11.4 Å². The smallest absolute Gasteiger partial charge is 0.226 e. The molecule has 0 aliphatic heterocycles. The van der Waals surface area contributed by atoms with Gasteiger partial charge in [0.2, 0.25) is 11.8 Å². The number of nitrogens with one attached hydrogen (secondary N) is 1. The molecular formula is C25H24N4O2. The molecule has 0 saturated carbocycles. The fourth-order valence-corrected chi connectivity index (χ4v) is 3.31. The Labute approximate surface area is 181 Å². The SMILES string of the molecule is Cc1nn(-c2ccccc2)c(Oc2ccccc2)c1CCC(=O)NCc1cccnc1. The van der Waals surface area contributed by atoms with Crippen LogP contribution in [0.5, 0.6) is 11.6 Å². The summed E-state index contributed by atoms with van der Waals surface area (Å²) in [6.07, 6.45) is 4.33. The molecule has 1 amide bonds. The van der Waals surface area contributed by atoms with Crippen molar-refractivity contribution in [2.45, 2.75) is 26.3 Å². The Kier molecular flexibility index (Phi) is 6.38. The molecule has 0 fully saturated rings. The average molecular weight is 412 g/mol. The number of aromatic nitrogens is 3. The number of carbonyl (C=O) groups excluding carboxylic acids is 1. The lowest BCUT2D eigenvalue weighted by Gasteiger charge is -2.11. The number of carbonyl (C=O) groups is 1. The van der Waals surface area contributed by atoms with Gasteiger partial charge in [0.25, 0.3) is 0 Å². The van der Waals surface area contributed by atoms with Crippen molar-refractivity contribution in [3.63, 3.8) is 0 Å². The van der Waals surface area contributed by atoms with Gasteiger partial charge in [-0.25, -0.2) is 4.68 Å². The number of pyridine rings is 1. The summed E-state index contributed by atoms with van der Waals surface area (Å²) in [5.74, 6) is 1.33. The summed E-state index contributed by atoms with van der Waals surface area (Å²) in [5.41, 5.74) is 3.64. The maximum Gasteiger partial charge on any atom is 0.226 e. The van der Waals surface area contributed by atoms with E-state index >= 15 is 0 Å². The third-order valence-electron chi connectivity index (χ3n) is 4.91. The third kappa shape index (κ3) is 5.17. The number of hydrogen-bond acceptors (Lipinski definition) is 4. The number of rotatable bonds is 8. The van der Waals surface area contributed by atoms with Crippen molar-refractivity contribution >= 4 is 5.91 Å². The van der Waals surface area contributed by atoms with Gasteiger partial charge in [-0.1, -0.05) is 42.5 Å². The molecule has 0 aliphatic carbocycles. The minimum atomic E-state index is -0.0265. The maximum absolute atomic E-state index is 12.4. The molecule has 6 nitrogen and oxygen atoms in total. The van der Waals surface area contributed by atoms with Crippen LogP contribution < -0.4 is 10.1 Å². The van der Waals surface area contributed by atoms with Crippen LogP contribution in [-0.2, 0) is 17.8 Å². The number of amides is 1. The van der Waals surface area contributed by atoms with E-state index in [4.69, 9.17) is 9.84 Å². The largest absolute Gasteiger partial charge is 0.439 e. The van der Waals surface area contributed by atoms with E-state index in [0.29, 0.717) is 25.3 Å². The van der Waals surface area contributed by atoms with E-state index in [1.54, 1.807) is 17.1 Å². The first-order valence-electron chi connectivity index (χ1n) is 10.2. The summed E-state index contributed by atoms with van der Waals surface area (Å²) in [5, 5.41) is 7.65. The summed E-state index contributed by atoms with van der Waals surface area (Å²) < 4.78 is 8.03. The molecule has 4 aromatic rings. The Bertz CT molecular complexity index is 1130. The number of aryl methyl sites for hydroxylation is 1. The van der Waals surface area contributed by atoms with E-state index in [-0.39, 0.29) is 5.91 Å². The van der Waals surface area contributed by atoms with E-state index in [1.807, 2.05) is 79.7 Å². The molecule has 0 bridgehead atoms. The molecule has 6 heteroatoms. The molecule has 2 heterocycles. The van der Waals surface area contributed by atoms with Gasteiger partial charge in [0.1, 0.15) is 5.75 Å². The molecule has 0 atom stereocenters. The summed E-state index contributed by atoms with van der Waals surface area (Å²) in [6.45, 7) is 2.41. The van der Waals surface area contributed by atoms with E-state index in [2.05, 4.69) is 10.3 Å². The summed E-state index contributed by atoms with van der Waals surface area (Å²) >= 11 is 0. The van der Waals surface area contributed by atoms with Crippen molar-refractivity contribution < 1.29 is 9.53 Å². The van der Waals surface area contributed by atoms with Crippen LogP contribution in [0.15, 0.2) is 85.2 Å². The zero-order chi connectivity index (χ0) is 21.5. The van der Waals surface area contributed by atoms with Crippen molar-refractivity contribution in [1.82, 2.24) is 20.1 Å². The van der Waals surface area contributed by atoms with Gasteiger partial charge in [-0.05, 0) is 49.2 Å². The first-order chi connectivity index (χ1) is 15.2. The molecule has 0 radical (unpaired) electrons. The molecular weight excluding hydrogens is 388 g/mol. The number of benzene rings is 2. The Morgan fingerprint density at radius 2 is 1.74 bits per heavy atom. The lowest BCUT2D eigenvalue weighted by atomic mass is 10.1. The Hall–Kier alpha value is -3.93. The standard InChI is InChI=1S/C25H24N4O2/c1-19-23(14-15-24(30)27-18-20-9-8-16-26-17-20)25(31-22-12-6-3-7-13-22)29(28-19)21-10-4-2-5-11-21/h2-13,16-17H,14-15,18H2,1H3,(H,27,30). The third-order valence-corrected chi connectivity index (χ3v) is 4.91. The number of hydrogen-bond donors (Lipinski definition) is 1. The lowest BCUT2D eigenvalue weighted by Crippen LogP contribution is -2.23. The number of ether oxygens (including phenoxy) is 1. The van der Waals surface area contributed by atoms with Gasteiger partial charge in [-0.15, -0.1) is 0 Å². The van der Waals surface area contributed by atoms with Crippen LogP contribution in [0.2, 0.25) is 0 Å². The number of nitrogens with zero attached hydrogens (tertiary/aromatic N) is 3. The van der Waals surface area contributed by atoms with E-state index in [1.165, 1.54) is 0 Å².